The summed E-state index contributed by atoms with van der Waals surface area (Å²) in [7, 11) is 9.19. The van der Waals surface area contributed by atoms with Crippen LogP contribution in [0.3, 0.4) is 0 Å². The van der Waals surface area contributed by atoms with E-state index in [2.05, 4.69) is 48.2 Å². The van der Waals surface area contributed by atoms with Crippen molar-refractivity contribution in [2.24, 2.45) is 0 Å². The molecule has 45 heavy (non-hydrogen) atoms. The summed E-state index contributed by atoms with van der Waals surface area (Å²) >= 11 is 0. The third-order valence-electron chi connectivity index (χ3n) is 9.37. The fourth-order valence-electron chi connectivity index (χ4n) is 6.73. The molecular formula is C37H42N2O6. The van der Waals surface area contributed by atoms with E-state index in [4.69, 9.17) is 18.9 Å². The number of phenolic OH excluding ortho intramolecular Hbond substituents is 2. The second kappa shape index (κ2) is 12.9. The monoisotopic (exact) mass is 610 g/mol. The van der Waals surface area contributed by atoms with Gasteiger partial charge in [0.25, 0.3) is 0 Å². The summed E-state index contributed by atoms with van der Waals surface area (Å²) < 4.78 is 22.7. The number of benzene rings is 4. The van der Waals surface area contributed by atoms with Crippen molar-refractivity contribution in [1.29, 1.82) is 0 Å². The Morgan fingerprint density at radius 2 is 1.13 bits per heavy atom. The molecule has 4 aromatic rings. The van der Waals surface area contributed by atoms with Gasteiger partial charge in [-0.2, -0.15) is 0 Å². The maximum Gasteiger partial charge on any atom is 0.169 e. The molecule has 2 heterocycles. The predicted molar refractivity (Wildman–Crippen MR) is 174 cm³/mol. The molecule has 0 saturated heterocycles. The van der Waals surface area contributed by atoms with E-state index in [0.29, 0.717) is 23.7 Å². The van der Waals surface area contributed by atoms with E-state index in [-0.39, 0.29) is 23.6 Å². The van der Waals surface area contributed by atoms with Gasteiger partial charge in [-0.25, -0.2) is 0 Å². The first-order chi connectivity index (χ1) is 21.8. The number of phenols is 2. The molecule has 0 radical (unpaired) electrons. The molecule has 236 valence electrons. The summed E-state index contributed by atoms with van der Waals surface area (Å²) in [5.74, 6) is 3.33. The first-order valence-electron chi connectivity index (χ1n) is 15.4. The lowest BCUT2D eigenvalue weighted by molar-refractivity contribution is 0.228. The normalized spacial score (nSPS) is 18.2. The van der Waals surface area contributed by atoms with Crippen LogP contribution in [0.5, 0.6) is 40.2 Å². The average molecular weight is 611 g/mol. The van der Waals surface area contributed by atoms with Gasteiger partial charge >= 0.3 is 0 Å². The van der Waals surface area contributed by atoms with Crippen LogP contribution in [0.2, 0.25) is 0 Å². The minimum atomic E-state index is 0.0753. The van der Waals surface area contributed by atoms with E-state index in [1.807, 2.05) is 36.4 Å². The van der Waals surface area contributed by atoms with E-state index < -0.39 is 0 Å². The lowest BCUT2D eigenvalue weighted by Crippen LogP contribution is -2.33. The smallest absolute Gasteiger partial charge is 0.169 e. The third kappa shape index (κ3) is 6.26. The molecule has 0 amide bonds. The largest absolute Gasteiger partial charge is 0.504 e. The Morgan fingerprint density at radius 1 is 0.600 bits per heavy atom. The quantitative estimate of drug-likeness (QED) is 0.224. The second-order valence-corrected chi connectivity index (χ2v) is 12.1. The Balaban J connectivity index is 1.18. The maximum atomic E-state index is 10.7. The predicted octanol–water partition coefficient (Wildman–Crippen LogP) is 6.46. The third-order valence-corrected chi connectivity index (χ3v) is 9.37. The Morgan fingerprint density at radius 3 is 1.76 bits per heavy atom. The Bertz CT molecular complexity index is 1670. The Hall–Kier alpha value is -4.40. The molecule has 2 aliphatic heterocycles. The lowest BCUT2D eigenvalue weighted by atomic mass is 9.88. The fourth-order valence-corrected chi connectivity index (χ4v) is 6.73. The van der Waals surface area contributed by atoms with Gasteiger partial charge in [-0.15, -0.1) is 0 Å². The van der Waals surface area contributed by atoms with Crippen LogP contribution in [0, 0.1) is 0 Å². The summed E-state index contributed by atoms with van der Waals surface area (Å²) in [6, 6.07) is 21.9. The number of methoxy groups -OCH3 is 3. The minimum Gasteiger partial charge on any atom is -0.504 e. The highest BCUT2D eigenvalue weighted by Gasteiger charge is 2.28. The maximum absolute atomic E-state index is 10.7. The van der Waals surface area contributed by atoms with E-state index in [1.54, 1.807) is 27.4 Å². The van der Waals surface area contributed by atoms with E-state index in [0.717, 1.165) is 55.0 Å². The van der Waals surface area contributed by atoms with Gasteiger partial charge in [-0.1, -0.05) is 18.2 Å². The van der Waals surface area contributed by atoms with Crippen LogP contribution in [0.4, 0.5) is 0 Å². The number of aromatic hydroxyl groups is 2. The number of fused-ring (bicyclic) bond motifs is 2. The van der Waals surface area contributed by atoms with Crippen LogP contribution in [0.1, 0.15) is 45.5 Å². The molecule has 1 unspecified atom stereocenters. The van der Waals surface area contributed by atoms with Gasteiger partial charge < -0.3 is 29.2 Å². The van der Waals surface area contributed by atoms with E-state index in [1.165, 1.54) is 22.3 Å². The molecule has 0 aromatic heterocycles. The van der Waals surface area contributed by atoms with Crippen molar-refractivity contribution in [2.45, 2.75) is 37.8 Å². The molecule has 4 aromatic carbocycles. The van der Waals surface area contributed by atoms with Gasteiger partial charge in [0.1, 0.15) is 5.75 Å². The molecule has 0 spiro atoms. The van der Waals surface area contributed by atoms with E-state index in [9.17, 15) is 10.2 Å². The fraction of sp³-hybridized carbons (Fsp3) is 0.351. The van der Waals surface area contributed by atoms with Crippen molar-refractivity contribution in [3.05, 3.63) is 100 Å². The van der Waals surface area contributed by atoms with Crippen LogP contribution in [0.15, 0.2) is 66.7 Å². The van der Waals surface area contributed by atoms with Gasteiger partial charge in [0.05, 0.1) is 21.3 Å². The van der Waals surface area contributed by atoms with Crippen LogP contribution in [0.25, 0.3) is 0 Å². The Kier molecular flexibility index (Phi) is 8.79. The van der Waals surface area contributed by atoms with Crippen molar-refractivity contribution < 1.29 is 29.2 Å². The molecule has 0 saturated carbocycles. The van der Waals surface area contributed by atoms with Gasteiger partial charge in [0, 0.05) is 25.2 Å². The molecule has 2 N–H and O–H groups in total. The molecule has 8 heteroatoms. The highest BCUT2D eigenvalue weighted by atomic mass is 16.5. The SMILES string of the molecule is COc1cc2c(cc1O)C(Cc1ccc(O)c(Oc3ccc(C[C@@H]4c5cc(OC)c(OC)cc5CCN4C)cc3)c1)N(C)CC2. The molecule has 6 rings (SSSR count). The summed E-state index contributed by atoms with van der Waals surface area (Å²) in [5, 5.41) is 21.2. The van der Waals surface area contributed by atoms with Gasteiger partial charge in [-0.05, 0) is 122 Å². The number of rotatable bonds is 9. The summed E-state index contributed by atoms with van der Waals surface area (Å²) in [4.78, 5) is 4.69. The lowest BCUT2D eigenvalue weighted by Gasteiger charge is -2.35. The number of likely N-dealkylation sites (N-methyl/N-ethyl adjacent to an activating group) is 2. The van der Waals surface area contributed by atoms with Crippen molar-refractivity contribution in [2.75, 3.05) is 48.5 Å². The number of hydrogen-bond donors (Lipinski definition) is 2. The number of ether oxygens (including phenoxy) is 4. The van der Waals surface area contributed by atoms with Gasteiger partial charge in [-0.3, -0.25) is 9.80 Å². The summed E-state index contributed by atoms with van der Waals surface area (Å²) in [6.07, 6.45) is 3.42. The first kappa shape index (κ1) is 30.6. The van der Waals surface area contributed by atoms with Gasteiger partial charge in [0.15, 0.2) is 34.5 Å². The minimum absolute atomic E-state index is 0.0753. The Labute approximate surface area is 265 Å². The van der Waals surface area contributed by atoms with E-state index >= 15 is 0 Å². The van der Waals surface area contributed by atoms with Gasteiger partial charge in [0.2, 0.25) is 0 Å². The topological polar surface area (TPSA) is 83.9 Å². The molecular weight excluding hydrogens is 568 g/mol. The molecule has 0 bridgehead atoms. The molecule has 8 nitrogen and oxygen atoms in total. The highest BCUT2D eigenvalue weighted by Crippen LogP contribution is 2.41. The van der Waals surface area contributed by atoms with Crippen molar-refractivity contribution in [3.8, 4) is 40.2 Å². The molecule has 2 aliphatic rings. The van der Waals surface area contributed by atoms with Crippen LogP contribution < -0.4 is 18.9 Å². The van der Waals surface area contributed by atoms with Crippen molar-refractivity contribution >= 4 is 0 Å². The first-order valence-corrected chi connectivity index (χ1v) is 15.4. The van der Waals surface area contributed by atoms with Crippen LogP contribution in [-0.4, -0.2) is 68.5 Å². The van der Waals surface area contributed by atoms with Crippen molar-refractivity contribution in [1.82, 2.24) is 9.80 Å². The molecule has 2 atom stereocenters. The summed E-state index contributed by atoms with van der Waals surface area (Å²) in [6.45, 7) is 1.88. The summed E-state index contributed by atoms with van der Waals surface area (Å²) in [5.41, 5.74) is 7.07. The van der Waals surface area contributed by atoms with Crippen LogP contribution in [-0.2, 0) is 25.7 Å². The molecule has 0 fully saturated rings. The average Bonchev–Trinajstić information content (AvgIpc) is 3.05. The highest BCUT2D eigenvalue weighted by molar-refractivity contribution is 5.51. The van der Waals surface area contributed by atoms with Crippen molar-refractivity contribution in [3.63, 3.8) is 0 Å². The molecule has 0 aliphatic carbocycles. The number of nitrogens with zero attached hydrogens (tertiary/aromatic N) is 2. The number of hydrogen-bond acceptors (Lipinski definition) is 8. The zero-order valence-corrected chi connectivity index (χ0v) is 26.7. The second-order valence-electron chi connectivity index (χ2n) is 12.1. The zero-order valence-electron chi connectivity index (χ0n) is 26.7. The standard InChI is InChI=1S/C37H42N2O6/c1-38-15-13-26-20-36(43-4)37(44-5)22-29(26)30(38)16-23-6-9-27(10-7-23)45-35-18-24(8-11-32(35)40)17-31-28-21-33(41)34(42-3)19-25(28)12-14-39(31)2/h6-11,18-22,30-31,40-41H,12-17H2,1-5H3/t30-,31?/m1/s1. The zero-order chi connectivity index (χ0) is 31.7. The van der Waals surface area contributed by atoms with Crippen LogP contribution >= 0.6 is 0 Å².